The van der Waals surface area contributed by atoms with Gasteiger partial charge in [0.2, 0.25) is 0 Å². The van der Waals surface area contributed by atoms with E-state index < -0.39 is 8.07 Å². The number of hydrogen-bond donors (Lipinski definition) is 0. The smallest absolute Gasteiger partial charge is 0.0656 e. The van der Waals surface area contributed by atoms with Crippen LogP contribution in [0.5, 0.6) is 0 Å². The van der Waals surface area contributed by atoms with E-state index in [2.05, 4.69) is 88.1 Å². The second-order valence-corrected chi connectivity index (χ2v) is 11.5. The molecule has 0 aliphatic carbocycles. The second kappa shape index (κ2) is 5.80. The van der Waals surface area contributed by atoms with Crippen molar-refractivity contribution in [3.05, 3.63) is 65.7 Å². The van der Waals surface area contributed by atoms with Crippen molar-refractivity contribution in [2.24, 2.45) is 0 Å². The lowest BCUT2D eigenvalue weighted by molar-refractivity contribution is 1.51. The summed E-state index contributed by atoms with van der Waals surface area (Å²) < 4.78 is 0. The Balaban J connectivity index is 2.36. The molecule has 0 N–H and O–H groups in total. The van der Waals surface area contributed by atoms with Crippen molar-refractivity contribution in [1.29, 1.82) is 0 Å². The summed E-state index contributed by atoms with van der Waals surface area (Å²) in [4.78, 5) is 0. The Morgan fingerprint density at radius 3 is 1.55 bits per heavy atom. The molecule has 0 saturated carbocycles. The fourth-order valence-electron chi connectivity index (χ4n) is 2.34. The first-order valence-electron chi connectivity index (χ1n) is 7.23. The zero-order chi connectivity index (χ0) is 14.8. The first kappa shape index (κ1) is 14.8. The van der Waals surface area contributed by atoms with E-state index in [1.165, 1.54) is 27.5 Å². The maximum Gasteiger partial charge on any atom is 0.0775 e. The monoisotopic (exact) mass is 280 g/mol. The van der Waals surface area contributed by atoms with Crippen molar-refractivity contribution >= 4 is 24.4 Å². The standard InChI is InChI=1S/C19H24Si/c1-15(17-9-7-6-8-10-17)16(2)18-11-13-19(14-12-18)20(3,4)5/h6-14H,1-5H3. The molecule has 0 nitrogen and oxygen atoms in total. The fraction of sp³-hybridized carbons (Fsp3) is 0.263. The Labute approximate surface area is 124 Å². The van der Waals surface area contributed by atoms with Crippen LogP contribution in [-0.2, 0) is 0 Å². The predicted octanol–water partition coefficient (Wildman–Crippen LogP) is 5.18. The molecule has 0 bridgehead atoms. The van der Waals surface area contributed by atoms with Gasteiger partial charge in [-0.2, -0.15) is 0 Å². The summed E-state index contributed by atoms with van der Waals surface area (Å²) in [6.07, 6.45) is 0. The Morgan fingerprint density at radius 2 is 1.10 bits per heavy atom. The highest BCUT2D eigenvalue weighted by molar-refractivity contribution is 6.88. The molecule has 1 heteroatoms. The molecule has 2 rings (SSSR count). The van der Waals surface area contributed by atoms with Gasteiger partial charge in [0.15, 0.2) is 0 Å². The molecule has 0 atom stereocenters. The molecule has 0 aromatic heterocycles. The molecule has 0 aliphatic heterocycles. The van der Waals surface area contributed by atoms with Crippen LogP contribution in [0.15, 0.2) is 54.6 Å². The van der Waals surface area contributed by atoms with Crippen molar-refractivity contribution in [2.75, 3.05) is 0 Å². The lowest BCUT2D eigenvalue weighted by Crippen LogP contribution is -2.37. The third-order valence-corrected chi connectivity index (χ3v) is 6.02. The van der Waals surface area contributed by atoms with Gasteiger partial charge in [0.1, 0.15) is 0 Å². The molecule has 0 unspecified atom stereocenters. The van der Waals surface area contributed by atoms with E-state index in [4.69, 9.17) is 0 Å². The van der Waals surface area contributed by atoms with Gasteiger partial charge in [0.25, 0.3) is 0 Å². The molecule has 0 aliphatic rings. The first-order chi connectivity index (χ1) is 9.39. The summed E-state index contributed by atoms with van der Waals surface area (Å²) in [5.41, 5.74) is 5.34. The van der Waals surface area contributed by atoms with E-state index in [1.807, 2.05) is 0 Å². The quantitative estimate of drug-likeness (QED) is 0.536. The molecule has 0 saturated heterocycles. The molecule has 0 radical (unpaired) electrons. The van der Waals surface area contributed by atoms with E-state index in [0.717, 1.165) is 0 Å². The lowest BCUT2D eigenvalue weighted by atomic mass is 9.97. The highest BCUT2D eigenvalue weighted by Gasteiger charge is 2.15. The van der Waals surface area contributed by atoms with Gasteiger partial charge in [0, 0.05) is 0 Å². The topological polar surface area (TPSA) is 0 Å². The van der Waals surface area contributed by atoms with Gasteiger partial charge < -0.3 is 0 Å². The van der Waals surface area contributed by atoms with Crippen LogP contribution in [0, 0.1) is 0 Å². The number of hydrogen-bond acceptors (Lipinski definition) is 0. The number of benzene rings is 2. The summed E-state index contributed by atoms with van der Waals surface area (Å²) in [5.74, 6) is 0. The van der Waals surface area contributed by atoms with Gasteiger partial charge in [-0.1, -0.05) is 79.4 Å². The van der Waals surface area contributed by atoms with E-state index in [0.29, 0.717) is 0 Å². The highest BCUT2D eigenvalue weighted by atomic mass is 28.3. The summed E-state index contributed by atoms with van der Waals surface area (Å²) >= 11 is 0. The molecular weight excluding hydrogens is 256 g/mol. The second-order valence-electron chi connectivity index (χ2n) is 6.44. The molecule has 20 heavy (non-hydrogen) atoms. The van der Waals surface area contributed by atoms with Gasteiger partial charge in [-0.25, -0.2) is 0 Å². The largest absolute Gasteiger partial charge is 0.0775 e. The summed E-state index contributed by atoms with van der Waals surface area (Å²) in [6.45, 7) is 11.6. The Kier molecular flexibility index (Phi) is 4.29. The predicted molar refractivity (Wildman–Crippen MR) is 94.0 cm³/mol. The normalized spacial score (nSPS) is 13.1. The van der Waals surface area contributed by atoms with Crippen LogP contribution >= 0.6 is 0 Å². The van der Waals surface area contributed by atoms with Crippen LogP contribution in [0.3, 0.4) is 0 Å². The molecule has 0 spiro atoms. The Morgan fingerprint density at radius 1 is 0.650 bits per heavy atom. The van der Waals surface area contributed by atoms with Gasteiger partial charge in [-0.3, -0.25) is 0 Å². The van der Waals surface area contributed by atoms with Crippen LogP contribution in [0.25, 0.3) is 11.1 Å². The van der Waals surface area contributed by atoms with Crippen molar-refractivity contribution in [2.45, 2.75) is 33.5 Å². The van der Waals surface area contributed by atoms with Gasteiger partial charge >= 0.3 is 0 Å². The molecule has 104 valence electrons. The molecule has 0 fully saturated rings. The minimum Gasteiger partial charge on any atom is -0.0656 e. The van der Waals surface area contributed by atoms with Crippen molar-refractivity contribution < 1.29 is 0 Å². The molecule has 0 amide bonds. The Hall–Kier alpha value is -1.60. The van der Waals surface area contributed by atoms with Crippen molar-refractivity contribution in [1.82, 2.24) is 0 Å². The number of allylic oxidation sites excluding steroid dienone is 2. The van der Waals surface area contributed by atoms with Crippen LogP contribution in [0.2, 0.25) is 19.6 Å². The summed E-state index contributed by atoms with van der Waals surface area (Å²) in [7, 11) is -1.20. The SMILES string of the molecule is CC(=C(C)c1ccc([Si](C)(C)C)cc1)c1ccccc1. The van der Waals surface area contributed by atoms with Gasteiger partial charge in [-0.15, -0.1) is 0 Å². The summed E-state index contributed by atoms with van der Waals surface area (Å²) in [6, 6.07) is 19.8. The van der Waals surface area contributed by atoms with E-state index in [1.54, 1.807) is 0 Å². The average molecular weight is 280 g/mol. The summed E-state index contributed by atoms with van der Waals surface area (Å²) in [5, 5.41) is 1.52. The maximum absolute atomic E-state index is 2.39. The lowest BCUT2D eigenvalue weighted by Gasteiger charge is -2.17. The zero-order valence-electron chi connectivity index (χ0n) is 13.2. The van der Waals surface area contributed by atoms with Gasteiger partial charge in [-0.05, 0) is 36.1 Å². The van der Waals surface area contributed by atoms with Gasteiger partial charge in [0.05, 0.1) is 8.07 Å². The maximum atomic E-state index is 2.39. The molecule has 0 heterocycles. The first-order valence-corrected chi connectivity index (χ1v) is 10.7. The average Bonchev–Trinajstić information content (AvgIpc) is 2.46. The van der Waals surface area contributed by atoms with E-state index in [-0.39, 0.29) is 0 Å². The van der Waals surface area contributed by atoms with Crippen molar-refractivity contribution in [3.63, 3.8) is 0 Å². The van der Waals surface area contributed by atoms with Crippen molar-refractivity contribution in [3.8, 4) is 0 Å². The minimum atomic E-state index is -1.20. The van der Waals surface area contributed by atoms with Crippen LogP contribution in [-0.4, -0.2) is 8.07 Å². The third kappa shape index (κ3) is 3.29. The molecule has 2 aromatic rings. The van der Waals surface area contributed by atoms with Crippen LogP contribution in [0.4, 0.5) is 0 Å². The zero-order valence-corrected chi connectivity index (χ0v) is 14.2. The Bertz CT molecular complexity index is 598. The van der Waals surface area contributed by atoms with Crippen LogP contribution < -0.4 is 5.19 Å². The molecule has 2 aromatic carbocycles. The number of rotatable bonds is 3. The highest BCUT2D eigenvalue weighted by Crippen LogP contribution is 2.25. The third-order valence-electron chi connectivity index (χ3n) is 3.95. The van der Waals surface area contributed by atoms with Crippen LogP contribution in [0.1, 0.15) is 25.0 Å². The van der Waals surface area contributed by atoms with E-state index >= 15 is 0 Å². The fourth-order valence-corrected chi connectivity index (χ4v) is 3.51. The molecular formula is C19H24Si. The van der Waals surface area contributed by atoms with E-state index in [9.17, 15) is 0 Å². The minimum absolute atomic E-state index is 1.20.